The van der Waals surface area contributed by atoms with Gasteiger partial charge in [0.05, 0.1) is 12.6 Å². The summed E-state index contributed by atoms with van der Waals surface area (Å²) in [6, 6.07) is 0.433. The van der Waals surface area contributed by atoms with Crippen molar-refractivity contribution in [3.63, 3.8) is 0 Å². The molecule has 4 heteroatoms. The average molecular weight is 214 g/mol. The van der Waals surface area contributed by atoms with Crippen LogP contribution in [0.25, 0.3) is 0 Å². The maximum Gasteiger partial charge on any atom is 0.236 e. The molecule has 0 aromatic carbocycles. The Morgan fingerprint density at radius 1 is 1.53 bits per heavy atom. The molecule has 1 aliphatic rings. The molecule has 0 aliphatic heterocycles. The lowest BCUT2D eigenvalue weighted by Crippen LogP contribution is -2.51. The predicted molar refractivity (Wildman–Crippen MR) is 59.7 cm³/mol. The number of carbonyl (C=O) groups is 1. The largest absolute Gasteiger partial charge is 0.383 e. The van der Waals surface area contributed by atoms with Crippen molar-refractivity contribution in [2.45, 2.75) is 38.8 Å². The Morgan fingerprint density at radius 3 is 2.73 bits per heavy atom. The summed E-state index contributed by atoms with van der Waals surface area (Å²) in [4.78, 5) is 11.5. The van der Waals surface area contributed by atoms with Gasteiger partial charge in [0, 0.05) is 19.7 Å². The standard InChI is InChI=1S/C11H22N2O2/c1-8-6-10(7-8)13-9(2)11(14)12-4-5-15-3/h8-10,13H,4-7H2,1-3H3,(H,12,14). The van der Waals surface area contributed by atoms with Crippen LogP contribution in [0.5, 0.6) is 0 Å². The van der Waals surface area contributed by atoms with E-state index < -0.39 is 0 Å². The fourth-order valence-corrected chi connectivity index (χ4v) is 1.90. The SMILES string of the molecule is COCCNC(=O)C(C)NC1CC(C)C1. The molecule has 1 unspecified atom stereocenters. The summed E-state index contributed by atoms with van der Waals surface area (Å²) < 4.78 is 4.86. The zero-order chi connectivity index (χ0) is 11.3. The second kappa shape index (κ2) is 6.08. The minimum absolute atomic E-state index is 0.0617. The van der Waals surface area contributed by atoms with Crippen molar-refractivity contribution in [2.75, 3.05) is 20.3 Å². The highest BCUT2D eigenvalue weighted by Crippen LogP contribution is 2.26. The Balaban J connectivity index is 2.10. The van der Waals surface area contributed by atoms with Crippen molar-refractivity contribution in [3.05, 3.63) is 0 Å². The number of rotatable bonds is 6. The Labute approximate surface area is 91.8 Å². The Kier molecular flexibility index (Phi) is 5.05. The lowest BCUT2D eigenvalue weighted by Gasteiger charge is -2.35. The van der Waals surface area contributed by atoms with Crippen LogP contribution in [0.2, 0.25) is 0 Å². The molecular weight excluding hydrogens is 192 g/mol. The van der Waals surface area contributed by atoms with E-state index in [2.05, 4.69) is 17.6 Å². The minimum Gasteiger partial charge on any atom is -0.383 e. The average Bonchev–Trinajstić information content (AvgIpc) is 2.15. The number of ether oxygens (including phenoxy) is 1. The van der Waals surface area contributed by atoms with Gasteiger partial charge in [0.2, 0.25) is 5.91 Å². The van der Waals surface area contributed by atoms with Gasteiger partial charge in [-0.1, -0.05) is 6.92 Å². The van der Waals surface area contributed by atoms with Gasteiger partial charge in [-0.3, -0.25) is 4.79 Å². The van der Waals surface area contributed by atoms with Crippen molar-refractivity contribution >= 4 is 5.91 Å². The van der Waals surface area contributed by atoms with E-state index in [-0.39, 0.29) is 11.9 Å². The molecule has 0 aromatic rings. The third kappa shape index (κ3) is 4.18. The normalized spacial score (nSPS) is 26.9. The molecule has 4 nitrogen and oxygen atoms in total. The van der Waals surface area contributed by atoms with Gasteiger partial charge in [0.1, 0.15) is 0 Å². The summed E-state index contributed by atoms with van der Waals surface area (Å²) >= 11 is 0. The Hall–Kier alpha value is -0.610. The highest BCUT2D eigenvalue weighted by atomic mass is 16.5. The van der Waals surface area contributed by atoms with E-state index in [4.69, 9.17) is 4.74 Å². The van der Waals surface area contributed by atoms with Gasteiger partial charge in [-0.15, -0.1) is 0 Å². The zero-order valence-corrected chi connectivity index (χ0v) is 9.88. The third-order valence-electron chi connectivity index (χ3n) is 2.86. The molecule has 1 aliphatic carbocycles. The van der Waals surface area contributed by atoms with Crippen molar-refractivity contribution in [3.8, 4) is 0 Å². The van der Waals surface area contributed by atoms with Gasteiger partial charge >= 0.3 is 0 Å². The first-order valence-electron chi connectivity index (χ1n) is 5.66. The fraction of sp³-hybridized carbons (Fsp3) is 0.909. The van der Waals surface area contributed by atoms with Gasteiger partial charge in [0.15, 0.2) is 0 Å². The van der Waals surface area contributed by atoms with E-state index in [1.165, 1.54) is 12.8 Å². The molecule has 0 spiro atoms. The molecule has 88 valence electrons. The van der Waals surface area contributed by atoms with Gasteiger partial charge in [0.25, 0.3) is 0 Å². The Morgan fingerprint density at radius 2 is 2.20 bits per heavy atom. The number of methoxy groups -OCH3 is 1. The number of hydrogen-bond donors (Lipinski definition) is 2. The number of amides is 1. The van der Waals surface area contributed by atoms with E-state index >= 15 is 0 Å². The van der Waals surface area contributed by atoms with Crippen LogP contribution in [0.15, 0.2) is 0 Å². The van der Waals surface area contributed by atoms with E-state index in [0.29, 0.717) is 19.2 Å². The summed E-state index contributed by atoms with van der Waals surface area (Å²) in [6.07, 6.45) is 2.38. The van der Waals surface area contributed by atoms with Crippen LogP contribution in [0.1, 0.15) is 26.7 Å². The van der Waals surface area contributed by atoms with Crippen molar-refractivity contribution in [2.24, 2.45) is 5.92 Å². The monoisotopic (exact) mass is 214 g/mol. The topological polar surface area (TPSA) is 50.4 Å². The highest BCUT2D eigenvalue weighted by Gasteiger charge is 2.27. The van der Waals surface area contributed by atoms with Gasteiger partial charge in [-0.25, -0.2) is 0 Å². The van der Waals surface area contributed by atoms with Crippen LogP contribution in [-0.2, 0) is 9.53 Å². The number of carbonyl (C=O) groups excluding carboxylic acids is 1. The molecule has 0 aromatic heterocycles. The van der Waals surface area contributed by atoms with E-state index in [1.807, 2.05) is 6.92 Å². The van der Waals surface area contributed by atoms with Gasteiger partial charge < -0.3 is 15.4 Å². The zero-order valence-electron chi connectivity index (χ0n) is 9.88. The molecule has 0 heterocycles. The van der Waals surface area contributed by atoms with E-state index in [9.17, 15) is 4.79 Å². The molecule has 0 radical (unpaired) electrons. The van der Waals surface area contributed by atoms with Crippen LogP contribution in [-0.4, -0.2) is 38.3 Å². The van der Waals surface area contributed by atoms with Crippen LogP contribution in [0.4, 0.5) is 0 Å². The molecule has 1 amide bonds. The molecule has 1 rings (SSSR count). The van der Waals surface area contributed by atoms with Gasteiger partial charge in [-0.05, 0) is 25.7 Å². The first kappa shape index (κ1) is 12.5. The summed E-state index contributed by atoms with van der Waals surface area (Å²) in [6.45, 7) is 5.30. The third-order valence-corrected chi connectivity index (χ3v) is 2.86. The van der Waals surface area contributed by atoms with E-state index in [1.54, 1.807) is 7.11 Å². The maximum atomic E-state index is 11.5. The molecule has 1 atom stereocenters. The molecule has 1 saturated carbocycles. The maximum absolute atomic E-state index is 11.5. The molecule has 15 heavy (non-hydrogen) atoms. The molecular formula is C11H22N2O2. The molecule has 1 fully saturated rings. The Bertz CT molecular complexity index is 203. The summed E-state index contributed by atoms with van der Waals surface area (Å²) in [5.41, 5.74) is 0. The summed E-state index contributed by atoms with van der Waals surface area (Å²) in [5, 5.41) is 6.14. The molecule has 2 N–H and O–H groups in total. The fourth-order valence-electron chi connectivity index (χ4n) is 1.90. The van der Waals surface area contributed by atoms with Crippen molar-refractivity contribution < 1.29 is 9.53 Å². The second-order valence-corrected chi connectivity index (χ2v) is 4.45. The summed E-state index contributed by atoms with van der Waals surface area (Å²) in [7, 11) is 1.63. The predicted octanol–water partition coefficient (Wildman–Crippen LogP) is 0.526. The molecule has 0 saturated heterocycles. The van der Waals surface area contributed by atoms with Crippen LogP contribution >= 0.6 is 0 Å². The number of nitrogens with one attached hydrogen (secondary N) is 2. The smallest absolute Gasteiger partial charge is 0.236 e. The lowest BCUT2D eigenvalue weighted by molar-refractivity contribution is -0.123. The van der Waals surface area contributed by atoms with Crippen LogP contribution in [0.3, 0.4) is 0 Å². The summed E-state index contributed by atoms with van der Waals surface area (Å²) in [5.74, 6) is 0.873. The number of hydrogen-bond acceptors (Lipinski definition) is 3. The van der Waals surface area contributed by atoms with Gasteiger partial charge in [-0.2, -0.15) is 0 Å². The van der Waals surface area contributed by atoms with Crippen molar-refractivity contribution in [1.82, 2.24) is 10.6 Å². The first-order valence-corrected chi connectivity index (χ1v) is 5.66. The van der Waals surface area contributed by atoms with Crippen LogP contribution in [0, 0.1) is 5.92 Å². The minimum atomic E-state index is -0.0978. The second-order valence-electron chi connectivity index (χ2n) is 4.45. The first-order chi connectivity index (χ1) is 7.13. The highest BCUT2D eigenvalue weighted by molar-refractivity contribution is 5.81. The quantitative estimate of drug-likeness (QED) is 0.634. The van der Waals surface area contributed by atoms with Crippen molar-refractivity contribution in [1.29, 1.82) is 0 Å². The van der Waals surface area contributed by atoms with Crippen LogP contribution < -0.4 is 10.6 Å². The lowest BCUT2D eigenvalue weighted by atomic mass is 9.81. The van der Waals surface area contributed by atoms with E-state index in [0.717, 1.165) is 5.92 Å². The molecule has 0 bridgehead atoms.